The third-order valence-corrected chi connectivity index (χ3v) is 3.88. The number of hydrogen-bond donors (Lipinski definition) is 1. The van der Waals surface area contributed by atoms with Gasteiger partial charge in [0.25, 0.3) is 11.8 Å². The second-order valence-electron chi connectivity index (χ2n) is 5.86. The van der Waals surface area contributed by atoms with E-state index in [1.165, 1.54) is 12.1 Å². The van der Waals surface area contributed by atoms with Crippen LogP contribution in [0, 0.1) is 13.8 Å². The lowest BCUT2D eigenvalue weighted by Crippen LogP contribution is -2.22. The average Bonchev–Trinajstić information content (AvgIpc) is 3.18. The number of anilines is 1. The van der Waals surface area contributed by atoms with Gasteiger partial charge >= 0.3 is 6.18 Å². The van der Waals surface area contributed by atoms with Crippen molar-refractivity contribution in [3.63, 3.8) is 0 Å². The maximum absolute atomic E-state index is 13.0. The standard InChI is InChI=1S/C17H14ClF3N4O3/c1-9-5-14(22-15(26)8-27-16-6-10(2)28-24-16)25(23-9)13-7-11(17(19,20)21)3-4-12(13)18/h3-7H,8H2,1-2H3,(H,22,26). The lowest BCUT2D eigenvalue weighted by Gasteiger charge is -2.13. The van der Waals surface area contributed by atoms with Crippen LogP contribution in [0.1, 0.15) is 17.0 Å². The quantitative estimate of drug-likeness (QED) is 0.677. The van der Waals surface area contributed by atoms with E-state index in [1.54, 1.807) is 13.8 Å². The third-order valence-electron chi connectivity index (χ3n) is 3.56. The number of carbonyl (C=O) groups is 1. The molecule has 3 aromatic rings. The molecule has 0 unspecified atom stereocenters. The van der Waals surface area contributed by atoms with Crippen LogP contribution in [0.15, 0.2) is 34.9 Å². The molecule has 2 heterocycles. The minimum Gasteiger partial charge on any atom is -0.465 e. The molecule has 0 atom stereocenters. The summed E-state index contributed by atoms with van der Waals surface area (Å²) in [6, 6.07) is 5.85. The van der Waals surface area contributed by atoms with Crippen molar-refractivity contribution >= 4 is 23.3 Å². The zero-order valence-corrected chi connectivity index (χ0v) is 15.4. The van der Waals surface area contributed by atoms with Crippen LogP contribution in [0.4, 0.5) is 19.0 Å². The molecule has 0 aliphatic heterocycles. The van der Waals surface area contributed by atoms with E-state index in [1.807, 2.05) is 0 Å². The first-order chi connectivity index (χ1) is 13.1. The van der Waals surface area contributed by atoms with Gasteiger partial charge in [0.05, 0.1) is 22.0 Å². The molecule has 0 aliphatic rings. The summed E-state index contributed by atoms with van der Waals surface area (Å²) in [4.78, 5) is 12.1. The van der Waals surface area contributed by atoms with Gasteiger partial charge in [0.15, 0.2) is 6.61 Å². The van der Waals surface area contributed by atoms with Crippen molar-refractivity contribution in [2.24, 2.45) is 0 Å². The molecule has 3 rings (SSSR count). The van der Waals surface area contributed by atoms with Gasteiger partial charge < -0.3 is 14.6 Å². The predicted octanol–water partition coefficient (Wildman–Crippen LogP) is 4.17. The summed E-state index contributed by atoms with van der Waals surface area (Å²) in [6.45, 7) is 2.91. The lowest BCUT2D eigenvalue weighted by molar-refractivity contribution is -0.137. The number of halogens is 4. The number of aromatic nitrogens is 3. The van der Waals surface area contributed by atoms with Gasteiger partial charge in [0, 0.05) is 12.1 Å². The van der Waals surface area contributed by atoms with Crippen molar-refractivity contribution < 1.29 is 27.2 Å². The van der Waals surface area contributed by atoms with Crippen LogP contribution in [-0.2, 0) is 11.0 Å². The first-order valence-corrected chi connectivity index (χ1v) is 8.31. The summed E-state index contributed by atoms with van der Waals surface area (Å²) >= 11 is 6.06. The Morgan fingerprint density at radius 2 is 2.04 bits per heavy atom. The van der Waals surface area contributed by atoms with E-state index in [0.717, 1.165) is 22.9 Å². The van der Waals surface area contributed by atoms with E-state index in [2.05, 4.69) is 15.6 Å². The minimum atomic E-state index is -4.55. The van der Waals surface area contributed by atoms with Crippen molar-refractivity contribution in [1.82, 2.24) is 14.9 Å². The number of hydrogen-bond acceptors (Lipinski definition) is 5. The van der Waals surface area contributed by atoms with Gasteiger partial charge in [-0.2, -0.15) is 18.3 Å². The SMILES string of the molecule is Cc1cc(NC(=O)COc2cc(C)on2)n(-c2cc(C(F)(F)F)ccc2Cl)n1. The van der Waals surface area contributed by atoms with Crippen molar-refractivity contribution in [1.29, 1.82) is 0 Å². The van der Waals surface area contributed by atoms with Crippen LogP contribution in [0.2, 0.25) is 5.02 Å². The van der Waals surface area contributed by atoms with Gasteiger partial charge in [0.2, 0.25) is 0 Å². The second-order valence-corrected chi connectivity index (χ2v) is 6.27. The number of alkyl halides is 3. The Hall–Kier alpha value is -3.01. The number of nitrogens with zero attached hydrogens (tertiary/aromatic N) is 3. The zero-order valence-electron chi connectivity index (χ0n) is 14.7. The van der Waals surface area contributed by atoms with Gasteiger partial charge in [0.1, 0.15) is 11.6 Å². The molecule has 0 saturated heterocycles. The number of aryl methyl sites for hydroxylation is 2. The Morgan fingerprint density at radius 3 is 2.68 bits per heavy atom. The smallest absolute Gasteiger partial charge is 0.416 e. The van der Waals surface area contributed by atoms with E-state index in [0.29, 0.717) is 11.5 Å². The van der Waals surface area contributed by atoms with Crippen molar-refractivity contribution in [3.05, 3.63) is 52.4 Å². The van der Waals surface area contributed by atoms with Crippen LogP contribution in [0.5, 0.6) is 5.88 Å². The Labute approximate surface area is 162 Å². The highest BCUT2D eigenvalue weighted by molar-refractivity contribution is 6.32. The summed E-state index contributed by atoms with van der Waals surface area (Å²) in [5.41, 5.74) is -0.438. The molecule has 0 saturated carbocycles. The highest BCUT2D eigenvalue weighted by atomic mass is 35.5. The number of rotatable bonds is 5. The molecule has 1 N–H and O–H groups in total. The van der Waals surface area contributed by atoms with Gasteiger partial charge in [-0.1, -0.05) is 11.6 Å². The van der Waals surface area contributed by atoms with Crippen LogP contribution >= 0.6 is 11.6 Å². The molecule has 0 radical (unpaired) electrons. The average molecular weight is 415 g/mol. The molecule has 1 amide bonds. The fraction of sp³-hybridized carbons (Fsp3) is 0.235. The van der Waals surface area contributed by atoms with Crippen molar-refractivity contribution in [2.75, 3.05) is 11.9 Å². The first-order valence-electron chi connectivity index (χ1n) is 7.93. The Kier molecular flexibility index (Phi) is 5.32. The Balaban J connectivity index is 1.82. The fourth-order valence-corrected chi connectivity index (χ4v) is 2.55. The Morgan fingerprint density at radius 1 is 1.29 bits per heavy atom. The summed E-state index contributed by atoms with van der Waals surface area (Å²) < 4.78 is 50.2. The van der Waals surface area contributed by atoms with Gasteiger partial charge in [-0.3, -0.25) is 4.79 Å². The fourth-order valence-electron chi connectivity index (χ4n) is 2.35. The number of carbonyl (C=O) groups excluding carboxylic acids is 1. The topological polar surface area (TPSA) is 82.2 Å². The van der Waals surface area contributed by atoms with Crippen molar-refractivity contribution in [2.45, 2.75) is 20.0 Å². The van der Waals surface area contributed by atoms with Crippen LogP contribution in [0.25, 0.3) is 5.69 Å². The van der Waals surface area contributed by atoms with Gasteiger partial charge in [-0.15, -0.1) is 0 Å². The van der Waals surface area contributed by atoms with E-state index >= 15 is 0 Å². The largest absolute Gasteiger partial charge is 0.465 e. The van der Waals surface area contributed by atoms with Crippen LogP contribution in [-0.4, -0.2) is 27.5 Å². The number of ether oxygens (including phenoxy) is 1. The van der Waals surface area contributed by atoms with Gasteiger partial charge in [-0.25, -0.2) is 4.68 Å². The molecule has 2 aromatic heterocycles. The van der Waals surface area contributed by atoms with Crippen molar-refractivity contribution in [3.8, 4) is 11.6 Å². The number of benzene rings is 1. The molecule has 0 fully saturated rings. The molecule has 28 heavy (non-hydrogen) atoms. The minimum absolute atomic E-state index is 0.0204. The Bertz CT molecular complexity index is 1010. The summed E-state index contributed by atoms with van der Waals surface area (Å²) in [7, 11) is 0. The molecule has 7 nitrogen and oxygen atoms in total. The molecule has 0 bridgehead atoms. The highest BCUT2D eigenvalue weighted by Gasteiger charge is 2.31. The summed E-state index contributed by atoms with van der Waals surface area (Å²) in [5.74, 6) is 0.232. The molecular weight excluding hydrogens is 401 g/mol. The van der Waals surface area contributed by atoms with Gasteiger partial charge in [-0.05, 0) is 37.2 Å². The van der Waals surface area contributed by atoms with E-state index in [9.17, 15) is 18.0 Å². The number of nitrogens with one attached hydrogen (secondary N) is 1. The number of amides is 1. The predicted molar refractivity (Wildman–Crippen MR) is 93.7 cm³/mol. The summed E-state index contributed by atoms with van der Waals surface area (Å²) in [5, 5.41) is 10.3. The second kappa shape index (κ2) is 7.55. The summed E-state index contributed by atoms with van der Waals surface area (Å²) in [6.07, 6.45) is -4.55. The van der Waals surface area contributed by atoms with E-state index in [-0.39, 0.29) is 29.0 Å². The highest BCUT2D eigenvalue weighted by Crippen LogP contribution is 2.34. The zero-order chi connectivity index (χ0) is 20.5. The molecule has 0 spiro atoms. The molecule has 1 aromatic carbocycles. The van der Waals surface area contributed by atoms with Crippen LogP contribution in [0.3, 0.4) is 0 Å². The lowest BCUT2D eigenvalue weighted by atomic mass is 10.2. The normalized spacial score (nSPS) is 11.5. The first kappa shape index (κ1) is 19.7. The van der Waals surface area contributed by atoms with E-state index < -0.39 is 17.6 Å². The maximum atomic E-state index is 13.0. The van der Waals surface area contributed by atoms with Crippen LogP contribution < -0.4 is 10.1 Å². The molecule has 11 heteroatoms. The maximum Gasteiger partial charge on any atom is 0.416 e. The van der Waals surface area contributed by atoms with E-state index in [4.69, 9.17) is 20.9 Å². The monoisotopic (exact) mass is 414 g/mol. The molecular formula is C17H14ClF3N4O3. The molecule has 148 valence electrons. The molecule has 0 aliphatic carbocycles. The third kappa shape index (κ3) is 4.45.